The lowest BCUT2D eigenvalue weighted by Gasteiger charge is -2.09. The average molecular weight is 204 g/mol. The first-order chi connectivity index (χ1) is 7.33. The van der Waals surface area contributed by atoms with E-state index in [9.17, 15) is 5.11 Å². The Bertz CT molecular complexity index is 304. The number of benzene rings is 1. The molecule has 0 amide bonds. The van der Waals surface area contributed by atoms with Crippen LogP contribution in [0.25, 0.3) is 0 Å². The van der Waals surface area contributed by atoms with Gasteiger partial charge in [-0.2, -0.15) is 0 Å². The predicted molar refractivity (Wildman–Crippen MR) is 61.2 cm³/mol. The first kappa shape index (κ1) is 11.7. The largest absolute Gasteiger partial charge is 0.368 e. The minimum Gasteiger partial charge on any atom is -0.368 e. The summed E-state index contributed by atoms with van der Waals surface area (Å²) in [7, 11) is 0. The van der Waals surface area contributed by atoms with Crippen LogP contribution in [0.1, 0.15) is 12.0 Å². The van der Waals surface area contributed by atoms with E-state index in [0.717, 1.165) is 5.56 Å². The number of aliphatic hydroxyl groups excluding tert-OH is 1. The van der Waals surface area contributed by atoms with Crippen molar-refractivity contribution >= 4 is 0 Å². The fourth-order valence-corrected chi connectivity index (χ4v) is 1.13. The van der Waals surface area contributed by atoms with Gasteiger partial charge >= 0.3 is 0 Å². The van der Waals surface area contributed by atoms with Crippen molar-refractivity contribution in [1.29, 1.82) is 0 Å². The van der Waals surface area contributed by atoms with Gasteiger partial charge in [-0.05, 0) is 5.56 Å². The Balaban J connectivity index is 2.25. The highest BCUT2D eigenvalue weighted by molar-refractivity contribution is 5.13. The molecule has 0 aliphatic rings. The quantitative estimate of drug-likeness (QED) is 0.570. The van der Waals surface area contributed by atoms with E-state index in [1.54, 1.807) is 12.2 Å². The van der Waals surface area contributed by atoms with Crippen molar-refractivity contribution in [2.24, 2.45) is 0 Å². The van der Waals surface area contributed by atoms with E-state index in [1.165, 1.54) is 0 Å². The maximum atomic E-state index is 9.43. The second kappa shape index (κ2) is 6.98. The lowest BCUT2D eigenvalue weighted by molar-refractivity contribution is -0.104. The zero-order chi connectivity index (χ0) is 10.9. The van der Waals surface area contributed by atoms with Crippen LogP contribution in [0.15, 0.2) is 55.1 Å². The third-order valence-electron chi connectivity index (χ3n) is 1.90. The molecule has 80 valence electrons. The number of allylic oxidation sites excluding steroid dienone is 2. The van der Waals surface area contributed by atoms with Crippen LogP contribution < -0.4 is 0 Å². The Morgan fingerprint density at radius 1 is 1.33 bits per heavy atom. The first-order valence-corrected chi connectivity index (χ1v) is 4.94. The third kappa shape index (κ3) is 5.15. The summed E-state index contributed by atoms with van der Waals surface area (Å²) in [5, 5.41) is 9.43. The van der Waals surface area contributed by atoms with Gasteiger partial charge in [0.05, 0.1) is 6.61 Å². The van der Waals surface area contributed by atoms with E-state index in [2.05, 4.69) is 6.58 Å². The number of aliphatic hydroxyl groups is 1. The van der Waals surface area contributed by atoms with Crippen molar-refractivity contribution in [1.82, 2.24) is 0 Å². The molecule has 0 aromatic heterocycles. The summed E-state index contributed by atoms with van der Waals surface area (Å²) in [6.07, 6.45) is 5.02. The summed E-state index contributed by atoms with van der Waals surface area (Å²) >= 11 is 0. The van der Waals surface area contributed by atoms with Crippen LogP contribution in [0.5, 0.6) is 0 Å². The summed E-state index contributed by atoms with van der Waals surface area (Å²) in [6, 6.07) is 9.77. The van der Waals surface area contributed by atoms with Crippen molar-refractivity contribution in [2.75, 3.05) is 0 Å². The van der Waals surface area contributed by atoms with Crippen LogP contribution in [0.3, 0.4) is 0 Å². The van der Waals surface area contributed by atoms with E-state index in [0.29, 0.717) is 13.0 Å². The molecule has 0 saturated carbocycles. The molecule has 0 radical (unpaired) electrons. The van der Waals surface area contributed by atoms with Gasteiger partial charge in [-0.15, -0.1) is 0 Å². The predicted octanol–water partition coefficient (Wildman–Crippen LogP) is 2.65. The fraction of sp³-hybridized carbons (Fsp3) is 0.231. The fourth-order valence-electron chi connectivity index (χ4n) is 1.13. The Labute approximate surface area is 90.5 Å². The minimum atomic E-state index is -0.749. The second-order valence-corrected chi connectivity index (χ2v) is 3.15. The maximum absolute atomic E-state index is 9.43. The molecule has 2 heteroatoms. The highest BCUT2D eigenvalue weighted by atomic mass is 16.6. The molecular weight excluding hydrogens is 188 g/mol. The Hall–Kier alpha value is -1.38. The van der Waals surface area contributed by atoms with Gasteiger partial charge in [0.25, 0.3) is 0 Å². The van der Waals surface area contributed by atoms with E-state index in [1.807, 2.05) is 36.4 Å². The van der Waals surface area contributed by atoms with E-state index in [-0.39, 0.29) is 0 Å². The zero-order valence-corrected chi connectivity index (χ0v) is 8.67. The average Bonchev–Trinajstić information content (AvgIpc) is 2.28. The summed E-state index contributed by atoms with van der Waals surface area (Å²) in [5.74, 6) is 0. The van der Waals surface area contributed by atoms with Crippen LogP contribution in [0.2, 0.25) is 0 Å². The molecular formula is C13H16O2. The number of ether oxygens (including phenoxy) is 1. The van der Waals surface area contributed by atoms with Gasteiger partial charge in [-0.1, -0.05) is 55.1 Å². The number of hydrogen-bond acceptors (Lipinski definition) is 2. The monoisotopic (exact) mass is 204 g/mol. The highest BCUT2D eigenvalue weighted by Crippen LogP contribution is 2.04. The van der Waals surface area contributed by atoms with Gasteiger partial charge in [-0.25, -0.2) is 0 Å². The van der Waals surface area contributed by atoms with Crippen LogP contribution in [0.4, 0.5) is 0 Å². The Morgan fingerprint density at radius 3 is 2.73 bits per heavy atom. The maximum Gasteiger partial charge on any atom is 0.158 e. The third-order valence-corrected chi connectivity index (χ3v) is 1.90. The zero-order valence-electron chi connectivity index (χ0n) is 8.67. The van der Waals surface area contributed by atoms with Crippen molar-refractivity contribution in [3.05, 3.63) is 60.7 Å². The molecule has 0 spiro atoms. The van der Waals surface area contributed by atoms with Gasteiger partial charge in [0.15, 0.2) is 6.29 Å². The lowest BCUT2D eigenvalue weighted by atomic mass is 10.2. The molecule has 1 N–H and O–H groups in total. The molecule has 1 unspecified atom stereocenters. The van der Waals surface area contributed by atoms with E-state index >= 15 is 0 Å². The highest BCUT2D eigenvalue weighted by Gasteiger charge is 2.00. The summed E-state index contributed by atoms with van der Waals surface area (Å²) in [5.41, 5.74) is 1.06. The topological polar surface area (TPSA) is 29.5 Å². The van der Waals surface area contributed by atoms with Gasteiger partial charge in [0.1, 0.15) is 0 Å². The van der Waals surface area contributed by atoms with Gasteiger partial charge < -0.3 is 9.84 Å². The molecule has 0 aliphatic heterocycles. The molecule has 1 aromatic rings. The molecule has 0 fully saturated rings. The van der Waals surface area contributed by atoms with Crippen molar-refractivity contribution in [3.8, 4) is 0 Å². The smallest absolute Gasteiger partial charge is 0.158 e. The molecule has 1 atom stereocenters. The SMILES string of the molecule is C=C/C=C\CC(O)OCc1ccccc1. The van der Waals surface area contributed by atoms with Crippen molar-refractivity contribution < 1.29 is 9.84 Å². The Kier molecular flexibility index (Phi) is 5.44. The van der Waals surface area contributed by atoms with Crippen molar-refractivity contribution in [2.45, 2.75) is 19.3 Å². The first-order valence-electron chi connectivity index (χ1n) is 4.94. The summed E-state index contributed by atoms with van der Waals surface area (Å²) in [6.45, 7) is 3.98. The van der Waals surface area contributed by atoms with Gasteiger partial charge in [-0.3, -0.25) is 0 Å². The minimum absolute atomic E-state index is 0.434. The van der Waals surface area contributed by atoms with Gasteiger partial charge in [0, 0.05) is 6.42 Å². The van der Waals surface area contributed by atoms with E-state index in [4.69, 9.17) is 4.74 Å². The number of hydrogen-bond donors (Lipinski definition) is 1. The van der Waals surface area contributed by atoms with Gasteiger partial charge in [0.2, 0.25) is 0 Å². The molecule has 2 nitrogen and oxygen atoms in total. The summed E-state index contributed by atoms with van der Waals surface area (Å²) < 4.78 is 5.24. The Morgan fingerprint density at radius 2 is 2.07 bits per heavy atom. The van der Waals surface area contributed by atoms with Crippen LogP contribution in [-0.4, -0.2) is 11.4 Å². The summed E-state index contributed by atoms with van der Waals surface area (Å²) in [4.78, 5) is 0. The van der Waals surface area contributed by atoms with Crippen molar-refractivity contribution in [3.63, 3.8) is 0 Å². The van der Waals surface area contributed by atoms with Crippen LogP contribution in [-0.2, 0) is 11.3 Å². The normalized spacial score (nSPS) is 12.9. The number of rotatable bonds is 6. The molecule has 0 bridgehead atoms. The molecule has 0 saturated heterocycles. The molecule has 0 heterocycles. The van der Waals surface area contributed by atoms with E-state index < -0.39 is 6.29 Å². The molecule has 1 rings (SSSR count). The molecule has 1 aromatic carbocycles. The van der Waals surface area contributed by atoms with Crippen LogP contribution >= 0.6 is 0 Å². The second-order valence-electron chi connectivity index (χ2n) is 3.15. The standard InChI is InChI=1S/C13H16O2/c1-2-3-5-10-13(14)15-11-12-8-6-4-7-9-12/h2-9,13-14H,1,10-11H2/b5-3-. The molecule has 0 aliphatic carbocycles. The van der Waals surface area contributed by atoms with Crippen LogP contribution in [0, 0.1) is 0 Å². The lowest BCUT2D eigenvalue weighted by Crippen LogP contribution is -2.10. The molecule has 15 heavy (non-hydrogen) atoms.